The number of hydrogen-bond donors (Lipinski definition) is 1. The summed E-state index contributed by atoms with van der Waals surface area (Å²) in [5, 5.41) is 11.5. The van der Waals surface area contributed by atoms with E-state index in [1.165, 1.54) is 0 Å². The molecule has 3 nitrogen and oxygen atoms in total. The standard InChI is InChI=1S/C13H15ClN2O/c14-8-2-1-3-13(17)16-10-12-6-4-11(9-15)5-7-12/h4-7H,1-3,8,10H2,(H,16,17). The maximum Gasteiger partial charge on any atom is 0.220 e. The molecule has 0 fully saturated rings. The Balaban J connectivity index is 2.30. The number of benzene rings is 1. The second kappa shape index (κ2) is 7.70. The molecule has 1 amide bonds. The Morgan fingerprint density at radius 1 is 1.29 bits per heavy atom. The fraction of sp³-hybridized carbons (Fsp3) is 0.385. The van der Waals surface area contributed by atoms with Gasteiger partial charge in [0.15, 0.2) is 0 Å². The van der Waals surface area contributed by atoms with Crippen LogP contribution in [-0.2, 0) is 11.3 Å². The minimum Gasteiger partial charge on any atom is -0.352 e. The lowest BCUT2D eigenvalue weighted by molar-refractivity contribution is -0.121. The normalized spacial score (nSPS) is 9.65. The molecule has 1 aromatic carbocycles. The van der Waals surface area contributed by atoms with Gasteiger partial charge >= 0.3 is 0 Å². The van der Waals surface area contributed by atoms with E-state index >= 15 is 0 Å². The minimum absolute atomic E-state index is 0.0412. The SMILES string of the molecule is N#Cc1ccc(CNC(=O)CCCCCl)cc1. The van der Waals surface area contributed by atoms with E-state index in [1.807, 2.05) is 12.1 Å². The molecule has 1 N–H and O–H groups in total. The summed E-state index contributed by atoms with van der Waals surface area (Å²) in [5.41, 5.74) is 1.62. The van der Waals surface area contributed by atoms with Crippen molar-refractivity contribution < 1.29 is 4.79 Å². The quantitative estimate of drug-likeness (QED) is 0.623. The molecule has 0 atom stereocenters. The Labute approximate surface area is 106 Å². The lowest BCUT2D eigenvalue weighted by Gasteiger charge is -2.04. The number of amides is 1. The van der Waals surface area contributed by atoms with Gasteiger partial charge in [0.2, 0.25) is 5.91 Å². The van der Waals surface area contributed by atoms with Crippen LogP contribution in [0, 0.1) is 11.3 Å². The van der Waals surface area contributed by atoms with Crippen molar-refractivity contribution in [3.8, 4) is 6.07 Å². The lowest BCUT2D eigenvalue weighted by Crippen LogP contribution is -2.22. The lowest BCUT2D eigenvalue weighted by atomic mass is 10.1. The molecule has 0 unspecified atom stereocenters. The second-order valence-electron chi connectivity index (χ2n) is 3.73. The second-order valence-corrected chi connectivity index (χ2v) is 4.11. The van der Waals surface area contributed by atoms with Crippen molar-refractivity contribution in [2.45, 2.75) is 25.8 Å². The zero-order valence-electron chi connectivity index (χ0n) is 9.58. The topological polar surface area (TPSA) is 52.9 Å². The maximum absolute atomic E-state index is 11.4. The van der Waals surface area contributed by atoms with Gasteiger partial charge in [-0.2, -0.15) is 5.26 Å². The predicted molar refractivity (Wildman–Crippen MR) is 67.6 cm³/mol. The van der Waals surface area contributed by atoms with E-state index in [0.29, 0.717) is 24.4 Å². The third kappa shape index (κ3) is 5.37. The molecule has 0 aliphatic carbocycles. The van der Waals surface area contributed by atoms with Gasteiger partial charge in [-0.15, -0.1) is 11.6 Å². The Kier molecular flexibility index (Phi) is 6.13. The Hall–Kier alpha value is -1.53. The molecule has 90 valence electrons. The number of alkyl halides is 1. The van der Waals surface area contributed by atoms with Crippen molar-refractivity contribution in [2.24, 2.45) is 0 Å². The molecule has 0 bridgehead atoms. The molecule has 17 heavy (non-hydrogen) atoms. The van der Waals surface area contributed by atoms with Gasteiger partial charge in [-0.25, -0.2) is 0 Å². The van der Waals surface area contributed by atoms with Crippen LogP contribution in [-0.4, -0.2) is 11.8 Å². The van der Waals surface area contributed by atoms with Gasteiger partial charge in [0.25, 0.3) is 0 Å². The fourth-order valence-corrected chi connectivity index (χ4v) is 1.56. The summed E-state index contributed by atoms with van der Waals surface area (Å²) in [6.07, 6.45) is 2.21. The van der Waals surface area contributed by atoms with Gasteiger partial charge < -0.3 is 5.32 Å². The first kappa shape index (κ1) is 13.5. The van der Waals surface area contributed by atoms with E-state index in [1.54, 1.807) is 12.1 Å². The zero-order chi connectivity index (χ0) is 12.5. The smallest absolute Gasteiger partial charge is 0.220 e. The molecular weight excluding hydrogens is 236 g/mol. The monoisotopic (exact) mass is 250 g/mol. The molecule has 1 aromatic rings. The number of hydrogen-bond acceptors (Lipinski definition) is 2. The minimum atomic E-state index is 0.0412. The van der Waals surface area contributed by atoms with Crippen molar-refractivity contribution in [3.63, 3.8) is 0 Å². The van der Waals surface area contributed by atoms with Crippen LogP contribution in [0.1, 0.15) is 30.4 Å². The van der Waals surface area contributed by atoms with E-state index in [4.69, 9.17) is 16.9 Å². The summed E-state index contributed by atoms with van der Waals surface area (Å²) in [4.78, 5) is 11.4. The van der Waals surface area contributed by atoms with Crippen LogP contribution in [0.15, 0.2) is 24.3 Å². The Morgan fingerprint density at radius 2 is 2.00 bits per heavy atom. The van der Waals surface area contributed by atoms with Gasteiger partial charge in [-0.3, -0.25) is 4.79 Å². The number of halogens is 1. The van der Waals surface area contributed by atoms with Gasteiger partial charge in [-0.05, 0) is 30.5 Å². The van der Waals surface area contributed by atoms with Crippen molar-refractivity contribution >= 4 is 17.5 Å². The summed E-state index contributed by atoms with van der Waals surface area (Å²) < 4.78 is 0. The molecule has 0 radical (unpaired) electrons. The largest absolute Gasteiger partial charge is 0.352 e. The molecule has 0 saturated carbocycles. The molecular formula is C13H15ClN2O. The van der Waals surface area contributed by atoms with E-state index < -0.39 is 0 Å². The van der Waals surface area contributed by atoms with Crippen LogP contribution in [0.5, 0.6) is 0 Å². The highest BCUT2D eigenvalue weighted by Crippen LogP contribution is 2.03. The van der Waals surface area contributed by atoms with Crippen LogP contribution in [0.25, 0.3) is 0 Å². The maximum atomic E-state index is 11.4. The number of nitriles is 1. The van der Waals surface area contributed by atoms with Crippen molar-refractivity contribution in [1.82, 2.24) is 5.32 Å². The number of nitrogens with zero attached hydrogens (tertiary/aromatic N) is 1. The molecule has 0 saturated heterocycles. The third-order valence-electron chi connectivity index (χ3n) is 2.36. The van der Waals surface area contributed by atoms with Crippen molar-refractivity contribution in [3.05, 3.63) is 35.4 Å². The highest BCUT2D eigenvalue weighted by molar-refractivity contribution is 6.17. The highest BCUT2D eigenvalue weighted by Gasteiger charge is 2.01. The Bertz CT molecular complexity index is 395. The van der Waals surface area contributed by atoms with E-state index in [-0.39, 0.29) is 5.91 Å². The van der Waals surface area contributed by atoms with Gasteiger partial charge in [0.1, 0.15) is 0 Å². The number of carbonyl (C=O) groups excluding carboxylic acids is 1. The summed E-state index contributed by atoms with van der Waals surface area (Å²) in [5.74, 6) is 0.641. The van der Waals surface area contributed by atoms with Gasteiger partial charge in [0.05, 0.1) is 11.6 Å². The molecule has 1 rings (SSSR count). The van der Waals surface area contributed by atoms with E-state index in [0.717, 1.165) is 18.4 Å². The van der Waals surface area contributed by atoms with Crippen LogP contribution in [0.3, 0.4) is 0 Å². The first-order valence-corrected chi connectivity index (χ1v) is 6.11. The third-order valence-corrected chi connectivity index (χ3v) is 2.63. The average Bonchev–Trinajstić information content (AvgIpc) is 2.37. The molecule has 4 heteroatoms. The first-order valence-electron chi connectivity index (χ1n) is 5.58. The van der Waals surface area contributed by atoms with E-state index in [9.17, 15) is 4.79 Å². The number of carbonyl (C=O) groups is 1. The molecule has 0 spiro atoms. The number of nitrogens with one attached hydrogen (secondary N) is 1. The zero-order valence-corrected chi connectivity index (χ0v) is 10.3. The molecule has 0 aliphatic rings. The molecule has 0 aromatic heterocycles. The Morgan fingerprint density at radius 3 is 2.59 bits per heavy atom. The molecule has 0 heterocycles. The van der Waals surface area contributed by atoms with Crippen LogP contribution < -0.4 is 5.32 Å². The average molecular weight is 251 g/mol. The summed E-state index contributed by atoms with van der Waals surface area (Å²) in [7, 11) is 0. The predicted octanol–water partition coefficient (Wildman–Crippen LogP) is 2.58. The van der Waals surface area contributed by atoms with Crippen molar-refractivity contribution in [1.29, 1.82) is 5.26 Å². The highest BCUT2D eigenvalue weighted by atomic mass is 35.5. The van der Waals surface area contributed by atoms with Crippen LogP contribution >= 0.6 is 11.6 Å². The van der Waals surface area contributed by atoms with Gasteiger partial charge in [0, 0.05) is 18.8 Å². The number of rotatable bonds is 6. The van der Waals surface area contributed by atoms with Crippen LogP contribution in [0.2, 0.25) is 0 Å². The van der Waals surface area contributed by atoms with Crippen LogP contribution in [0.4, 0.5) is 0 Å². The van der Waals surface area contributed by atoms with Crippen molar-refractivity contribution in [2.75, 3.05) is 5.88 Å². The summed E-state index contributed by atoms with van der Waals surface area (Å²) >= 11 is 5.53. The van der Waals surface area contributed by atoms with E-state index in [2.05, 4.69) is 11.4 Å². The first-order chi connectivity index (χ1) is 8.26. The number of unbranched alkanes of at least 4 members (excludes halogenated alkanes) is 1. The molecule has 0 aliphatic heterocycles. The van der Waals surface area contributed by atoms with Gasteiger partial charge in [-0.1, -0.05) is 12.1 Å². The fourth-order valence-electron chi connectivity index (χ4n) is 1.37. The summed E-state index contributed by atoms with van der Waals surface area (Å²) in [6.45, 7) is 0.505. The summed E-state index contributed by atoms with van der Waals surface area (Å²) in [6, 6.07) is 9.23.